The van der Waals surface area contributed by atoms with E-state index in [1.807, 2.05) is 0 Å². The van der Waals surface area contributed by atoms with Crippen molar-refractivity contribution < 1.29 is 28.1 Å². The molecular weight excluding hydrogens is 288 g/mol. The lowest BCUT2D eigenvalue weighted by Gasteiger charge is -2.11. The van der Waals surface area contributed by atoms with E-state index < -0.39 is 21.0 Å². The van der Waals surface area contributed by atoms with Gasteiger partial charge in [-0.3, -0.25) is 4.57 Å². The van der Waals surface area contributed by atoms with Gasteiger partial charge in [0, 0.05) is 0 Å². The van der Waals surface area contributed by atoms with Crippen LogP contribution in [0.15, 0.2) is 6.33 Å². The van der Waals surface area contributed by atoms with Gasteiger partial charge in [-0.2, -0.15) is 4.98 Å². The van der Waals surface area contributed by atoms with Crippen molar-refractivity contribution in [3.63, 3.8) is 0 Å². The number of H-pyrrole nitrogens is 1. The summed E-state index contributed by atoms with van der Waals surface area (Å²) in [6.07, 6.45) is 1.23. The van der Waals surface area contributed by atoms with E-state index in [4.69, 9.17) is 15.5 Å². The molecule has 0 amide bonds. The summed E-state index contributed by atoms with van der Waals surface area (Å²) in [5, 5.41) is 0. The lowest BCUT2D eigenvalue weighted by atomic mass is 10.5. The first kappa shape index (κ1) is 13.1. The average molecular weight is 295 g/mol. The first-order chi connectivity index (χ1) is 8.19. The molecular formula is C5H7N5O6P2. The van der Waals surface area contributed by atoms with Gasteiger partial charge in [-0.05, 0) is 0 Å². The number of nitrogens with one attached hydrogen (secondary N) is 1. The third kappa shape index (κ3) is 2.56. The van der Waals surface area contributed by atoms with Crippen LogP contribution >= 0.6 is 15.4 Å². The third-order valence-corrected chi connectivity index (χ3v) is 4.21. The van der Waals surface area contributed by atoms with E-state index in [0.717, 1.165) is 0 Å². The minimum Gasteiger partial charge on any atom is -0.382 e. The molecule has 0 radical (unpaired) electrons. The van der Waals surface area contributed by atoms with E-state index in [2.05, 4.69) is 24.2 Å². The van der Waals surface area contributed by atoms with E-state index in [9.17, 15) is 14.0 Å². The molecule has 0 aliphatic heterocycles. The van der Waals surface area contributed by atoms with Crippen LogP contribution in [0.4, 0.5) is 5.82 Å². The fourth-order valence-electron chi connectivity index (χ4n) is 1.15. The SMILES string of the molecule is Nc1nc(P(=O)(O)OP(=O)(O)O)nc2nc[nH]c12. The molecule has 0 spiro atoms. The minimum atomic E-state index is -5.18. The normalized spacial score (nSPS) is 15.7. The van der Waals surface area contributed by atoms with Crippen LogP contribution in [0.2, 0.25) is 0 Å². The summed E-state index contributed by atoms with van der Waals surface area (Å²) in [7, 11) is -10.1. The lowest BCUT2D eigenvalue weighted by Crippen LogP contribution is -2.17. The predicted octanol–water partition coefficient (Wildman–Crippen LogP) is -1.14. The number of aromatic amines is 1. The zero-order valence-corrected chi connectivity index (χ0v) is 10.2. The smallest absolute Gasteiger partial charge is 0.382 e. The monoisotopic (exact) mass is 295 g/mol. The van der Waals surface area contributed by atoms with Crippen molar-refractivity contribution in [1.82, 2.24) is 19.9 Å². The van der Waals surface area contributed by atoms with Gasteiger partial charge in [0.2, 0.25) is 5.57 Å². The summed E-state index contributed by atoms with van der Waals surface area (Å²) in [5.41, 5.74) is 4.82. The first-order valence-corrected chi connectivity index (χ1v) is 7.37. The second-order valence-electron chi connectivity index (χ2n) is 3.10. The molecule has 0 saturated carbocycles. The van der Waals surface area contributed by atoms with Crippen LogP contribution in [0.3, 0.4) is 0 Å². The molecule has 2 aromatic heterocycles. The molecule has 98 valence electrons. The second-order valence-corrected chi connectivity index (χ2v) is 6.18. The maximum Gasteiger partial charge on any atom is 0.477 e. The number of anilines is 1. The Bertz CT molecular complexity index is 693. The number of hydrogen-bond acceptors (Lipinski definition) is 7. The van der Waals surface area contributed by atoms with Crippen molar-refractivity contribution in [2.24, 2.45) is 0 Å². The number of imidazole rings is 1. The Kier molecular flexibility index (Phi) is 2.98. The van der Waals surface area contributed by atoms with Gasteiger partial charge in [0.25, 0.3) is 0 Å². The Balaban J connectivity index is 2.53. The maximum absolute atomic E-state index is 11.6. The highest BCUT2D eigenvalue weighted by Crippen LogP contribution is 2.55. The predicted molar refractivity (Wildman–Crippen MR) is 58.7 cm³/mol. The van der Waals surface area contributed by atoms with Crippen LogP contribution in [0, 0.1) is 0 Å². The Morgan fingerprint density at radius 2 is 1.94 bits per heavy atom. The van der Waals surface area contributed by atoms with Crippen molar-refractivity contribution in [3.05, 3.63) is 6.33 Å². The highest BCUT2D eigenvalue weighted by Gasteiger charge is 2.36. The molecule has 6 N–H and O–H groups in total. The zero-order valence-electron chi connectivity index (χ0n) is 8.46. The number of nitrogens with zero attached hydrogens (tertiary/aromatic N) is 3. The van der Waals surface area contributed by atoms with E-state index in [1.165, 1.54) is 6.33 Å². The van der Waals surface area contributed by atoms with Crippen LogP contribution in [0.25, 0.3) is 11.2 Å². The molecule has 13 heteroatoms. The standard InChI is InChI=1S/C5H7N5O6P2/c6-3-2-4(8-1-7-2)10-5(9-3)17(11,12)16-18(13,14)15/h1H,(H,11,12)(H2,13,14,15)(H3,6,7,8,9,10). The van der Waals surface area contributed by atoms with Gasteiger partial charge >= 0.3 is 15.4 Å². The highest BCUT2D eigenvalue weighted by molar-refractivity contribution is 7.68. The summed E-state index contributed by atoms with van der Waals surface area (Å²) in [5.74, 6) is -0.198. The molecule has 2 rings (SSSR count). The molecule has 0 fully saturated rings. The Morgan fingerprint density at radius 1 is 1.28 bits per heavy atom. The van der Waals surface area contributed by atoms with E-state index in [-0.39, 0.29) is 17.0 Å². The molecule has 2 heterocycles. The molecule has 11 nitrogen and oxygen atoms in total. The first-order valence-electron chi connectivity index (χ1n) is 4.26. The van der Waals surface area contributed by atoms with Crippen LogP contribution < -0.4 is 11.3 Å². The molecule has 1 atom stereocenters. The van der Waals surface area contributed by atoms with Crippen molar-refractivity contribution in [2.75, 3.05) is 5.73 Å². The summed E-state index contributed by atoms with van der Waals surface area (Å²) in [6, 6.07) is 0. The summed E-state index contributed by atoms with van der Waals surface area (Å²) in [6.45, 7) is 0. The van der Waals surface area contributed by atoms with Crippen molar-refractivity contribution in [1.29, 1.82) is 0 Å². The molecule has 0 saturated heterocycles. The Morgan fingerprint density at radius 3 is 2.56 bits per heavy atom. The van der Waals surface area contributed by atoms with Crippen LogP contribution in [0.5, 0.6) is 0 Å². The number of nitrogens with two attached hydrogens (primary N) is 1. The van der Waals surface area contributed by atoms with Gasteiger partial charge in [-0.1, -0.05) is 0 Å². The lowest BCUT2D eigenvalue weighted by molar-refractivity contribution is 0.267. The summed E-state index contributed by atoms with van der Waals surface area (Å²) >= 11 is 0. The molecule has 2 aromatic rings. The molecule has 18 heavy (non-hydrogen) atoms. The van der Waals surface area contributed by atoms with Crippen molar-refractivity contribution >= 4 is 38.0 Å². The second kappa shape index (κ2) is 4.09. The fraction of sp³-hybridized carbons (Fsp3) is 0. The molecule has 1 unspecified atom stereocenters. The van der Waals surface area contributed by atoms with Crippen LogP contribution in [-0.2, 0) is 13.4 Å². The highest BCUT2D eigenvalue weighted by atomic mass is 31.3. The third-order valence-electron chi connectivity index (χ3n) is 1.77. The van der Waals surface area contributed by atoms with Crippen LogP contribution in [0.1, 0.15) is 0 Å². The Labute approximate surface area is 98.8 Å². The van der Waals surface area contributed by atoms with Gasteiger partial charge in [-0.25, -0.2) is 18.8 Å². The largest absolute Gasteiger partial charge is 0.477 e. The Hall–Kier alpha value is -1.35. The quantitative estimate of drug-likeness (QED) is 0.433. The molecule has 0 aliphatic carbocycles. The van der Waals surface area contributed by atoms with Crippen molar-refractivity contribution in [2.45, 2.75) is 0 Å². The number of hydrogen-bond donors (Lipinski definition) is 5. The number of nitrogen functional groups attached to an aromatic ring is 1. The molecule has 0 aromatic carbocycles. The number of aromatic nitrogens is 4. The van der Waals surface area contributed by atoms with Crippen molar-refractivity contribution in [3.8, 4) is 0 Å². The average Bonchev–Trinajstić information content (AvgIpc) is 2.61. The van der Waals surface area contributed by atoms with Gasteiger partial charge in [0.05, 0.1) is 6.33 Å². The maximum atomic E-state index is 11.6. The fourth-order valence-corrected chi connectivity index (χ4v) is 3.05. The minimum absolute atomic E-state index is 0.0268. The number of phosphoric acid groups is 1. The van der Waals surface area contributed by atoms with E-state index in [1.54, 1.807) is 0 Å². The molecule has 0 bridgehead atoms. The topological polar surface area (TPSA) is 185 Å². The van der Waals surface area contributed by atoms with E-state index in [0.29, 0.717) is 0 Å². The number of rotatable bonds is 3. The van der Waals surface area contributed by atoms with Gasteiger partial charge in [0.15, 0.2) is 11.5 Å². The summed E-state index contributed by atoms with van der Waals surface area (Å²) in [4.78, 5) is 39.6. The van der Waals surface area contributed by atoms with Crippen LogP contribution in [-0.4, -0.2) is 34.6 Å². The van der Waals surface area contributed by atoms with Gasteiger partial charge in [-0.15, -0.1) is 0 Å². The van der Waals surface area contributed by atoms with Gasteiger partial charge in [0.1, 0.15) is 5.52 Å². The number of fused-ring (bicyclic) bond motifs is 1. The summed E-state index contributed by atoms with van der Waals surface area (Å²) < 4.78 is 25.9. The van der Waals surface area contributed by atoms with E-state index >= 15 is 0 Å². The molecule has 0 aliphatic rings. The van der Waals surface area contributed by atoms with Gasteiger partial charge < -0.3 is 25.4 Å². The zero-order chi connectivity index (χ0) is 13.6.